The monoisotopic (exact) mass is 420 g/mol. The molecule has 2 heterocycles. The molecule has 0 bridgehead atoms. The van der Waals surface area contributed by atoms with E-state index in [4.69, 9.17) is 4.42 Å². The number of piperidine rings is 1. The molecule has 1 saturated heterocycles. The molecule has 7 nitrogen and oxygen atoms in total. The highest BCUT2D eigenvalue weighted by molar-refractivity contribution is 7.89. The lowest BCUT2D eigenvalue weighted by atomic mass is 10.0. The summed E-state index contributed by atoms with van der Waals surface area (Å²) >= 11 is 0. The molecule has 3 N–H and O–H groups in total. The Kier molecular flexibility index (Phi) is 7.46. The summed E-state index contributed by atoms with van der Waals surface area (Å²) in [7, 11) is -3.66. The number of likely N-dealkylation sites (tertiary alicyclic amines) is 1. The van der Waals surface area contributed by atoms with Crippen molar-refractivity contribution < 1.29 is 22.5 Å². The minimum absolute atomic E-state index is 0.0786. The van der Waals surface area contributed by atoms with Crippen molar-refractivity contribution in [1.29, 1.82) is 0 Å². The van der Waals surface area contributed by atoms with Crippen molar-refractivity contribution in [3.63, 3.8) is 0 Å². The Balaban J connectivity index is 1.45. The normalized spacial score (nSPS) is 19.8. The van der Waals surface area contributed by atoms with Crippen LogP contribution in [0.15, 0.2) is 52.0 Å². The first kappa shape index (κ1) is 21.5. The number of furan rings is 1. The van der Waals surface area contributed by atoms with Crippen molar-refractivity contribution in [3.8, 4) is 0 Å². The third-order valence-electron chi connectivity index (χ3n) is 5.49. The molecule has 1 amide bonds. The number of hydrogen-bond donors (Lipinski definition) is 3. The van der Waals surface area contributed by atoms with Gasteiger partial charge in [0.2, 0.25) is 10.0 Å². The summed E-state index contributed by atoms with van der Waals surface area (Å²) < 4.78 is 32.3. The molecule has 2 atom stereocenters. The number of hydrogen-bond acceptors (Lipinski definition) is 4. The summed E-state index contributed by atoms with van der Waals surface area (Å²) in [5, 5.41) is 2.93. The maximum atomic E-state index is 12.3. The zero-order chi connectivity index (χ0) is 20.7. The first-order chi connectivity index (χ1) is 14.0. The zero-order valence-corrected chi connectivity index (χ0v) is 17.6. The van der Waals surface area contributed by atoms with Crippen LogP contribution in [0.1, 0.15) is 48.7 Å². The standard InChI is InChI=1S/C21H29N3O4S/c1-17-6-2-3-13-24(17)14-5-12-22-21(25)18-8-10-20(11-9-18)29(26,27)23-16-19-7-4-15-28-19/h4,7-11,15,17,23H,2-3,5-6,12-14,16H2,1H3,(H,22,25)/p+1/t17-/m0/s1. The van der Waals surface area contributed by atoms with Gasteiger partial charge < -0.3 is 14.6 Å². The van der Waals surface area contributed by atoms with Gasteiger partial charge in [-0.05, 0) is 62.6 Å². The van der Waals surface area contributed by atoms with Crippen LogP contribution in [0.3, 0.4) is 0 Å². The van der Waals surface area contributed by atoms with Crippen LogP contribution >= 0.6 is 0 Å². The van der Waals surface area contributed by atoms with Gasteiger partial charge in [-0.1, -0.05) is 0 Å². The van der Waals surface area contributed by atoms with Crippen molar-refractivity contribution in [3.05, 3.63) is 54.0 Å². The molecule has 3 rings (SSSR count). The van der Waals surface area contributed by atoms with Gasteiger partial charge in [0.15, 0.2) is 0 Å². The molecule has 1 unspecified atom stereocenters. The second kappa shape index (κ2) is 10.0. The molecule has 1 aliphatic rings. The fourth-order valence-corrected chi connectivity index (χ4v) is 4.69. The number of amides is 1. The van der Waals surface area contributed by atoms with Crippen LogP contribution in [0.4, 0.5) is 0 Å². The number of sulfonamides is 1. The van der Waals surface area contributed by atoms with Crippen LogP contribution in [-0.2, 0) is 16.6 Å². The average molecular weight is 421 g/mol. The fraction of sp³-hybridized carbons (Fsp3) is 0.476. The number of nitrogens with one attached hydrogen (secondary N) is 3. The van der Waals surface area contributed by atoms with Crippen LogP contribution < -0.4 is 14.9 Å². The first-order valence-electron chi connectivity index (χ1n) is 10.2. The van der Waals surface area contributed by atoms with E-state index >= 15 is 0 Å². The lowest BCUT2D eigenvalue weighted by molar-refractivity contribution is -0.928. The number of quaternary nitrogens is 1. The second-order valence-corrected chi connectivity index (χ2v) is 9.36. The van der Waals surface area contributed by atoms with Crippen LogP contribution in [-0.4, -0.2) is 40.0 Å². The highest BCUT2D eigenvalue weighted by atomic mass is 32.2. The molecule has 1 fully saturated rings. The molecule has 29 heavy (non-hydrogen) atoms. The summed E-state index contributed by atoms with van der Waals surface area (Å²) in [5.41, 5.74) is 0.452. The molecule has 1 aromatic heterocycles. The van der Waals surface area contributed by atoms with Crippen molar-refractivity contribution in [2.45, 2.75) is 50.1 Å². The Morgan fingerprint density at radius 3 is 2.69 bits per heavy atom. The molecule has 0 aliphatic carbocycles. The molecule has 1 aromatic carbocycles. The largest absolute Gasteiger partial charge is 0.468 e. The third kappa shape index (κ3) is 6.16. The highest BCUT2D eigenvalue weighted by Crippen LogP contribution is 2.12. The Morgan fingerprint density at radius 2 is 2.00 bits per heavy atom. The van der Waals surface area contributed by atoms with Gasteiger partial charge in [0.1, 0.15) is 5.76 Å². The van der Waals surface area contributed by atoms with Crippen LogP contribution in [0.25, 0.3) is 0 Å². The Hall–Kier alpha value is -2.16. The summed E-state index contributed by atoms with van der Waals surface area (Å²) in [5.74, 6) is 0.351. The highest BCUT2D eigenvalue weighted by Gasteiger charge is 2.21. The van der Waals surface area contributed by atoms with E-state index in [1.54, 1.807) is 17.0 Å². The van der Waals surface area contributed by atoms with E-state index in [-0.39, 0.29) is 17.3 Å². The number of benzene rings is 1. The third-order valence-corrected chi connectivity index (χ3v) is 6.90. The van der Waals surface area contributed by atoms with Crippen LogP contribution in [0.5, 0.6) is 0 Å². The number of rotatable bonds is 9. The molecule has 0 spiro atoms. The van der Waals surface area contributed by atoms with Gasteiger partial charge >= 0.3 is 0 Å². The lowest BCUT2D eigenvalue weighted by Gasteiger charge is -2.30. The van der Waals surface area contributed by atoms with E-state index in [0.29, 0.717) is 23.9 Å². The van der Waals surface area contributed by atoms with Gasteiger partial charge in [-0.15, -0.1) is 0 Å². The maximum absolute atomic E-state index is 12.3. The van der Waals surface area contributed by atoms with Gasteiger partial charge in [0, 0.05) is 18.5 Å². The van der Waals surface area contributed by atoms with E-state index < -0.39 is 10.0 Å². The van der Waals surface area contributed by atoms with Crippen molar-refractivity contribution in [1.82, 2.24) is 10.0 Å². The molecule has 2 aromatic rings. The molecule has 158 valence electrons. The topological polar surface area (TPSA) is 92.9 Å². The van der Waals surface area contributed by atoms with Crippen molar-refractivity contribution >= 4 is 15.9 Å². The lowest BCUT2D eigenvalue weighted by Crippen LogP contribution is -3.16. The second-order valence-electron chi connectivity index (χ2n) is 7.59. The van der Waals surface area contributed by atoms with E-state index in [1.165, 1.54) is 56.3 Å². The average Bonchev–Trinajstić information content (AvgIpc) is 3.25. The predicted molar refractivity (Wildman–Crippen MR) is 110 cm³/mol. The van der Waals surface area contributed by atoms with Crippen LogP contribution in [0, 0.1) is 0 Å². The van der Waals surface area contributed by atoms with Gasteiger partial charge in [-0.25, -0.2) is 13.1 Å². The molecule has 1 aliphatic heterocycles. The molecular weight excluding hydrogens is 390 g/mol. The number of carbonyl (C=O) groups is 1. The predicted octanol–water partition coefficient (Wildman–Crippen LogP) is 1.34. The summed E-state index contributed by atoms with van der Waals surface area (Å²) in [4.78, 5) is 14.0. The van der Waals surface area contributed by atoms with Gasteiger partial charge in [-0.3, -0.25) is 4.79 Å². The molecule has 0 saturated carbocycles. The van der Waals surface area contributed by atoms with Gasteiger partial charge in [0.05, 0.1) is 36.8 Å². The fourth-order valence-electron chi connectivity index (χ4n) is 3.69. The van der Waals surface area contributed by atoms with Crippen LogP contribution in [0.2, 0.25) is 0 Å². The van der Waals surface area contributed by atoms with E-state index in [2.05, 4.69) is 17.0 Å². The van der Waals surface area contributed by atoms with Gasteiger partial charge in [-0.2, -0.15) is 0 Å². The summed E-state index contributed by atoms with van der Waals surface area (Å²) in [6.07, 6.45) is 6.33. The smallest absolute Gasteiger partial charge is 0.251 e. The van der Waals surface area contributed by atoms with E-state index in [9.17, 15) is 13.2 Å². The van der Waals surface area contributed by atoms with E-state index in [0.717, 1.165) is 13.0 Å². The van der Waals surface area contributed by atoms with Gasteiger partial charge in [0.25, 0.3) is 5.91 Å². The first-order valence-corrected chi connectivity index (χ1v) is 11.7. The Labute approximate surface area is 172 Å². The summed E-state index contributed by atoms with van der Waals surface area (Å²) in [6, 6.07) is 10.1. The Bertz CT molecular complexity index is 879. The zero-order valence-electron chi connectivity index (χ0n) is 16.8. The molecule has 0 radical (unpaired) electrons. The molecular formula is C21H30N3O4S+. The maximum Gasteiger partial charge on any atom is 0.251 e. The quantitative estimate of drug-likeness (QED) is 0.534. The van der Waals surface area contributed by atoms with Crippen molar-refractivity contribution in [2.75, 3.05) is 19.6 Å². The molecule has 8 heteroatoms. The summed E-state index contributed by atoms with van der Waals surface area (Å²) in [6.45, 7) is 5.29. The van der Waals surface area contributed by atoms with Crippen molar-refractivity contribution in [2.24, 2.45) is 0 Å². The number of carbonyl (C=O) groups excluding carboxylic acids is 1. The Morgan fingerprint density at radius 1 is 1.21 bits per heavy atom. The SMILES string of the molecule is C[C@H]1CCCC[NH+]1CCCNC(=O)c1ccc(S(=O)(=O)NCc2ccco2)cc1. The minimum atomic E-state index is -3.66. The van der Waals surface area contributed by atoms with E-state index in [1.807, 2.05) is 0 Å². The minimum Gasteiger partial charge on any atom is -0.468 e.